The van der Waals surface area contributed by atoms with Gasteiger partial charge in [0.1, 0.15) is 0 Å². The van der Waals surface area contributed by atoms with Gasteiger partial charge in [-0.1, -0.05) is 13.8 Å². The monoisotopic (exact) mass is 269 g/mol. The van der Waals surface area contributed by atoms with Gasteiger partial charge in [0.25, 0.3) is 0 Å². The van der Waals surface area contributed by atoms with E-state index in [0.29, 0.717) is 12.4 Å². The van der Waals surface area contributed by atoms with E-state index in [9.17, 15) is 13.5 Å². The van der Waals surface area contributed by atoms with Gasteiger partial charge in [0.05, 0.1) is 18.4 Å². The Morgan fingerprint density at radius 2 is 2.19 bits per heavy atom. The molecule has 1 saturated heterocycles. The molecule has 3 unspecified atom stereocenters. The van der Waals surface area contributed by atoms with Crippen molar-refractivity contribution in [1.29, 1.82) is 0 Å². The molecule has 0 aromatic heterocycles. The zero-order valence-corrected chi connectivity index (χ0v) is 11.3. The normalized spacial score (nSPS) is 29.5. The lowest BCUT2D eigenvalue weighted by Gasteiger charge is -2.25. The molecule has 0 saturated carbocycles. The number of aliphatic hydroxyl groups excluding tert-OH is 1. The van der Waals surface area contributed by atoms with Gasteiger partial charge >= 0.3 is 0 Å². The van der Waals surface area contributed by atoms with E-state index in [-0.39, 0.29) is 30.2 Å². The molecule has 1 N–H and O–H groups in total. The van der Waals surface area contributed by atoms with Crippen molar-refractivity contribution in [3.63, 3.8) is 0 Å². The van der Waals surface area contributed by atoms with Crippen LogP contribution in [-0.4, -0.2) is 48.7 Å². The van der Waals surface area contributed by atoms with E-state index < -0.39 is 10.0 Å². The third kappa shape index (κ3) is 3.09. The molecule has 0 amide bonds. The Morgan fingerprint density at radius 3 is 2.69 bits per heavy atom. The highest BCUT2D eigenvalue weighted by Gasteiger charge is 2.38. The van der Waals surface area contributed by atoms with Crippen LogP contribution < -0.4 is 0 Å². The molecule has 0 radical (unpaired) electrons. The van der Waals surface area contributed by atoms with Crippen molar-refractivity contribution in [3.05, 3.63) is 0 Å². The average Bonchev–Trinajstić information content (AvgIpc) is 2.59. The Hall–Kier alpha value is 0.160. The van der Waals surface area contributed by atoms with Crippen molar-refractivity contribution in [1.82, 2.24) is 4.31 Å². The maximum absolute atomic E-state index is 12.1. The molecule has 16 heavy (non-hydrogen) atoms. The third-order valence-electron chi connectivity index (χ3n) is 3.13. The number of halogens is 1. The van der Waals surface area contributed by atoms with E-state index in [4.69, 9.17) is 11.6 Å². The van der Waals surface area contributed by atoms with E-state index in [0.717, 1.165) is 6.42 Å². The van der Waals surface area contributed by atoms with Gasteiger partial charge in [-0.05, 0) is 18.3 Å². The van der Waals surface area contributed by atoms with Crippen LogP contribution >= 0.6 is 11.6 Å². The summed E-state index contributed by atoms with van der Waals surface area (Å²) in [6.45, 7) is 4.21. The van der Waals surface area contributed by atoms with E-state index >= 15 is 0 Å². The highest BCUT2D eigenvalue weighted by Crippen LogP contribution is 2.27. The predicted molar refractivity (Wildman–Crippen MR) is 65.0 cm³/mol. The molecular formula is C10H20ClNO3S. The first-order valence-electron chi connectivity index (χ1n) is 5.58. The molecular weight excluding hydrogens is 250 g/mol. The summed E-state index contributed by atoms with van der Waals surface area (Å²) in [7, 11) is -3.28. The van der Waals surface area contributed by atoms with Crippen LogP contribution in [0.15, 0.2) is 0 Å². The molecule has 4 nitrogen and oxygen atoms in total. The van der Waals surface area contributed by atoms with E-state index in [1.54, 1.807) is 0 Å². The SMILES string of the molecule is CC(CCl)CS(=O)(=O)N1CCC(C)C1CO. The van der Waals surface area contributed by atoms with Crippen molar-refractivity contribution in [2.24, 2.45) is 11.8 Å². The molecule has 1 heterocycles. The van der Waals surface area contributed by atoms with Crippen molar-refractivity contribution in [3.8, 4) is 0 Å². The van der Waals surface area contributed by atoms with Crippen molar-refractivity contribution >= 4 is 21.6 Å². The van der Waals surface area contributed by atoms with Crippen molar-refractivity contribution < 1.29 is 13.5 Å². The second-order valence-electron chi connectivity index (χ2n) is 4.66. The molecule has 6 heteroatoms. The van der Waals surface area contributed by atoms with Gasteiger partial charge in [0.2, 0.25) is 10.0 Å². The van der Waals surface area contributed by atoms with Gasteiger partial charge < -0.3 is 5.11 Å². The lowest BCUT2D eigenvalue weighted by atomic mass is 10.0. The fraction of sp³-hybridized carbons (Fsp3) is 1.00. The first-order chi connectivity index (χ1) is 7.42. The minimum Gasteiger partial charge on any atom is -0.395 e. The lowest BCUT2D eigenvalue weighted by Crippen LogP contribution is -2.42. The largest absolute Gasteiger partial charge is 0.395 e. The maximum Gasteiger partial charge on any atom is 0.214 e. The predicted octanol–water partition coefficient (Wildman–Crippen LogP) is 0.894. The zero-order chi connectivity index (χ0) is 12.3. The van der Waals surface area contributed by atoms with E-state index in [2.05, 4.69) is 0 Å². The number of alkyl halides is 1. The van der Waals surface area contributed by atoms with Gasteiger partial charge in [-0.15, -0.1) is 11.6 Å². The highest BCUT2D eigenvalue weighted by molar-refractivity contribution is 7.89. The number of rotatable bonds is 5. The first-order valence-corrected chi connectivity index (χ1v) is 7.73. The fourth-order valence-electron chi connectivity index (χ4n) is 2.09. The number of hydrogen-bond donors (Lipinski definition) is 1. The summed E-state index contributed by atoms with van der Waals surface area (Å²) in [5.41, 5.74) is 0. The minimum absolute atomic E-state index is 0.0538. The average molecular weight is 270 g/mol. The molecule has 1 fully saturated rings. The summed E-state index contributed by atoms with van der Waals surface area (Å²) in [5.74, 6) is 0.583. The van der Waals surface area contributed by atoms with E-state index in [1.165, 1.54) is 4.31 Å². The first kappa shape index (κ1) is 14.2. The Bertz CT molecular complexity index is 320. The summed E-state index contributed by atoms with van der Waals surface area (Å²) in [6.07, 6.45) is 0.819. The number of hydrogen-bond acceptors (Lipinski definition) is 3. The quantitative estimate of drug-likeness (QED) is 0.755. The van der Waals surface area contributed by atoms with Gasteiger partial charge in [-0.25, -0.2) is 8.42 Å². The van der Waals surface area contributed by atoms with Crippen LogP contribution in [0.2, 0.25) is 0 Å². The molecule has 1 aliphatic heterocycles. The van der Waals surface area contributed by atoms with Crippen LogP contribution in [-0.2, 0) is 10.0 Å². The van der Waals surface area contributed by atoms with Gasteiger partial charge in [-0.3, -0.25) is 0 Å². The van der Waals surface area contributed by atoms with Gasteiger partial charge in [0.15, 0.2) is 0 Å². The summed E-state index contributed by atoms with van der Waals surface area (Å²) in [4.78, 5) is 0. The highest BCUT2D eigenvalue weighted by atomic mass is 35.5. The van der Waals surface area contributed by atoms with Crippen LogP contribution in [0.25, 0.3) is 0 Å². The Labute approximate surface area is 103 Å². The summed E-state index contributed by atoms with van der Waals surface area (Å²) < 4.78 is 25.6. The summed E-state index contributed by atoms with van der Waals surface area (Å²) in [5, 5.41) is 9.23. The molecule has 0 bridgehead atoms. The Balaban J connectivity index is 2.76. The molecule has 1 rings (SSSR count). The van der Waals surface area contributed by atoms with Crippen molar-refractivity contribution in [2.75, 3.05) is 24.8 Å². The van der Waals surface area contributed by atoms with Crippen molar-refractivity contribution in [2.45, 2.75) is 26.3 Å². The lowest BCUT2D eigenvalue weighted by molar-refractivity contribution is 0.191. The van der Waals surface area contributed by atoms with E-state index in [1.807, 2.05) is 13.8 Å². The summed E-state index contributed by atoms with van der Waals surface area (Å²) in [6, 6.07) is -0.257. The topological polar surface area (TPSA) is 57.6 Å². The van der Waals surface area contributed by atoms with Crippen LogP contribution in [0, 0.1) is 11.8 Å². The summed E-state index contributed by atoms with van der Waals surface area (Å²) >= 11 is 5.63. The second-order valence-corrected chi connectivity index (χ2v) is 6.94. The molecule has 0 aromatic carbocycles. The molecule has 96 valence electrons. The van der Waals surface area contributed by atoms with Crippen LogP contribution in [0.5, 0.6) is 0 Å². The van der Waals surface area contributed by atoms with Gasteiger partial charge in [-0.2, -0.15) is 4.31 Å². The zero-order valence-electron chi connectivity index (χ0n) is 9.76. The standard InChI is InChI=1S/C10H20ClNO3S/c1-8(5-11)7-16(14,15)12-4-3-9(2)10(12)6-13/h8-10,13H,3-7H2,1-2H3. The second kappa shape index (κ2) is 5.67. The van der Waals surface area contributed by atoms with Crippen LogP contribution in [0.3, 0.4) is 0 Å². The molecule has 0 aliphatic carbocycles. The number of aliphatic hydroxyl groups is 1. The van der Waals surface area contributed by atoms with Gasteiger partial charge in [0, 0.05) is 12.4 Å². The molecule has 0 spiro atoms. The third-order valence-corrected chi connectivity index (χ3v) is 5.82. The van der Waals surface area contributed by atoms with Crippen LogP contribution in [0.4, 0.5) is 0 Å². The maximum atomic E-state index is 12.1. The van der Waals surface area contributed by atoms with Crippen LogP contribution in [0.1, 0.15) is 20.3 Å². The molecule has 1 aliphatic rings. The molecule has 3 atom stereocenters. The molecule has 0 aromatic rings. The number of nitrogens with zero attached hydrogens (tertiary/aromatic N) is 1. The Morgan fingerprint density at radius 1 is 1.56 bits per heavy atom. The number of sulfonamides is 1. The Kier molecular flexibility index (Phi) is 5.04. The smallest absolute Gasteiger partial charge is 0.214 e. The fourth-order valence-corrected chi connectivity index (χ4v) is 4.43. The minimum atomic E-state index is -3.28.